The van der Waals surface area contributed by atoms with Crippen LogP contribution in [-0.4, -0.2) is 74.5 Å². The van der Waals surface area contributed by atoms with E-state index in [0.29, 0.717) is 0 Å². The van der Waals surface area contributed by atoms with Crippen LogP contribution < -0.4 is 4.90 Å². The minimum Gasteiger partial charge on any atom is -0.467 e. The Labute approximate surface area is 217 Å². The molecule has 0 saturated carbocycles. The molecule has 11 nitrogen and oxygen atoms in total. The lowest BCUT2D eigenvalue weighted by atomic mass is 9.69. The number of ether oxygens (including phenoxy) is 3. The van der Waals surface area contributed by atoms with Crippen molar-refractivity contribution < 1.29 is 37.8 Å². The standard InChI is InChI=1S/C27H25N3O8/c1-5-12-29-16-10-7-6-9-15(16)27-14-17(23(32)35-2)30(22(31)18-11-8-13-38-18)26(27)28-20(25(34)37-4)19(21(27)29)24(33)36-3/h5-11,13,17,21H,1,12,14H2,2-4H3/t17?,21?,27-/m0/s1. The number of carbonyl (C=O) groups excluding carboxylic acids is 4. The van der Waals surface area contributed by atoms with E-state index in [9.17, 15) is 19.2 Å². The first-order valence-corrected chi connectivity index (χ1v) is 11.8. The monoisotopic (exact) mass is 519 g/mol. The van der Waals surface area contributed by atoms with E-state index in [0.717, 1.165) is 18.4 Å². The van der Waals surface area contributed by atoms with Crippen LogP contribution in [0.15, 0.2) is 76.0 Å². The Bertz CT molecular complexity index is 1410. The van der Waals surface area contributed by atoms with Crippen molar-refractivity contribution >= 4 is 35.3 Å². The predicted molar refractivity (Wildman–Crippen MR) is 133 cm³/mol. The number of hydrogen-bond acceptors (Lipinski definition) is 10. The smallest absolute Gasteiger partial charge is 0.357 e. The average Bonchev–Trinajstić information content (AvgIpc) is 3.66. The fourth-order valence-corrected chi connectivity index (χ4v) is 5.81. The van der Waals surface area contributed by atoms with Gasteiger partial charge in [-0.05, 0) is 30.2 Å². The van der Waals surface area contributed by atoms with E-state index in [1.165, 1.54) is 31.4 Å². The average molecular weight is 520 g/mol. The summed E-state index contributed by atoms with van der Waals surface area (Å²) in [5.74, 6) is -2.95. The largest absolute Gasteiger partial charge is 0.467 e. The summed E-state index contributed by atoms with van der Waals surface area (Å²) >= 11 is 0. The summed E-state index contributed by atoms with van der Waals surface area (Å²) in [5, 5.41) is 0. The highest BCUT2D eigenvalue weighted by molar-refractivity contribution is 6.19. The lowest BCUT2D eigenvalue weighted by Crippen LogP contribution is -2.55. The quantitative estimate of drug-likeness (QED) is 0.320. The van der Waals surface area contributed by atoms with Crippen LogP contribution in [0.25, 0.3) is 0 Å². The Kier molecular flexibility index (Phi) is 6.14. The van der Waals surface area contributed by atoms with Crippen molar-refractivity contribution in [3.63, 3.8) is 0 Å². The van der Waals surface area contributed by atoms with Crippen molar-refractivity contribution in [2.45, 2.75) is 23.9 Å². The number of anilines is 1. The van der Waals surface area contributed by atoms with Crippen LogP contribution in [0, 0.1) is 0 Å². The number of nitrogens with zero attached hydrogens (tertiary/aromatic N) is 3. The number of benzene rings is 1. The number of methoxy groups -OCH3 is 3. The van der Waals surface area contributed by atoms with E-state index in [2.05, 4.69) is 11.6 Å². The van der Waals surface area contributed by atoms with E-state index in [1.807, 2.05) is 29.2 Å². The second-order valence-electron chi connectivity index (χ2n) is 8.91. The molecule has 0 radical (unpaired) electrons. The number of fused-ring (bicyclic) bond motifs is 1. The molecular weight excluding hydrogens is 494 g/mol. The summed E-state index contributed by atoms with van der Waals surface area (Å²) in [6, 6.07) is 8.37. The third-order valence-electron chi connectivity index (χ3n) is 7.21. The van der Waals surface area contributed by atoms with Crippen LogP contribution in [0.3, 0.4) is 0 Å². The third kappa shape index (κ3) is 3.31. The normalized spacial score (nSPS) is 23.2. The topological polar surface area (TPSA) is 128 Å². The van der Waals surface area contributed by atoms with Gasteiger partial charge in [-0.3, -0.25) is 9.69 Å². The molecule has 3 aliphatic rings. The van der Waals surface area contributed by atoms with Gasteiger partial charge in [0.1, 0.15) is 11.9 Å². The molecule has 1 saturated heterocycles. The van der Waals surface area contributed by atoms with Crippen LogP contribution >= 0.6 is 0 Å². The molecule has 1 aromatic carbocycles. The number of likely N-dealkylation sites (tertiary alicyclic amines) is 1. The van der Waals surface area contributed by atoms with Crippen molar-refractivity contribution in [1.29, 1.82) is 0 Å². The molecule has 3 aliphatic heterocycles. The number of aliphatic imine (C=N–C) groups is 1. The number of furan rings is 1. The Morgan fingerprint density at radius 2 is 1.82 bits per heavy atom. The Hall–Kier alpha value is -4.67. The van der Waals surface area contributed by atoms with Gasteiger partial charge in [0.2, 0.25) is 0 Å². The zero-order valence-corrected chi connectivity index (χ0v) is 21.0. The number of amidine groups is 1. The predicted octanol–water partition coefficient (Wildman–Crippen LogP) is 1.99. The molecule has 2 unspecified atom stereocenters. The number of amides is 1. The van der Waals surface area contributed by atoms with Gasteiger partial charge in [-0.1, -0.05) is 24.3 Å². The van der Waals surface area contributed by atoms with Gasteiger partial charge in [-0.15, -0.1) is 6.58 Å². The molecule has 3 atom stereocenters. The maximum Gasteiger partial charge on any atom is 0.357 e. The summed E-state index contributed by atoms with van der Waals surface area (Å²) in [7, 11) is 3.59. The first-order valence-electron chi connectivity index (χ1n) is 11.8. The highest BCUT2D eigenvalue weighted by Crippen LogP contribution is 2.57. The third-order valence-corrected chi connectivity index (χ3v) is 7.21. The number of esters is 3. The van der Waals surface area contributed by atoms with Crippen molar-refractivity contribution in [2.75, 3.05) is 32.8 Å². The fourth-order valence-electron chi connectivity index (χ4n) is 5.81. The maximum absolute atomic E-state index is 13.8. The molecule has 4 heterocycles. The first kappa shape index (κ1) is 25.0. The molecule has 0 aliphatic carbocycles. The Balaban J connectivity index is 1.87. The second kappa shape index (κ2) is 9.33. The number of para-hydroxylation sites is 1. The minimum atomic E-state index is -1.21. The molecule has 0 bridgehead atoms. The fraction of sp³-hybridized carbons (Fsp3) is 0.296. The summed E-state index contributed by atoms with van der Waals surface area (Å²) in [6.07, 6.45) is 3.02. The van der Waals surface area contributed by atoms with Gasteiger partial charge in [-0.2, -0.15) is 0 Å². The van der Waals surface area contributed by atoms with Crippen LogP contribution in [0.4, 0.5) is 5.69 Å². The van der Waals surface area contributed by atoms with Crippen molar-refractivity contribution in [3.05, 3.63) is 77.9 Å². The summed E-state index contributed by atoms with van der Waals surface area (Å²) < 4.78 is 20.5. The van der Waals surface area contributed by atoms with Crippen molar-refractivity contribution in [2.24, 2.45) is 4.99 Å². The molecule has 38 heavy (non-hydrogen) atoms. The second-order valence-corrected chi connectivity index (χ2v) is 8.91. The summed E-state index contributed by atoms with van der Waals surface area (Å²) in [4.78, 5) is 61.0. The van der Waals surface area contributed by atoms with E-state index < -0.39 is 41.3 Å². The van der Waals surface area contributed by atoms with Crippen molar-refractivity contribution in [3.8, 4) is 0 Å². The van der Waals surface area contributed by atoms with Gasteiger partial charge in [0.25, 0.3) is 5.91 Å². The van der Waals surface area contributed by atoms with Crippen LogP contribution in [0.5, 0.6) is 0 Å². The maximum atomic E-state index is 13.8. The van der Waals surface area contributed by atoms with E-state index >= 15 is 0 Å². The molecule has 5 rings (SSSR count). The van der Waals surface area contributed by atoms with Gasteiger partial charge in [0.15, 0.2) is 11.5 Å². The summed E-state index contributed by atoms with van der Waals surface area (Å²) in [5.41, 5.74) is -0.119. The van der Waals surface area contributed by atoms with Gasteiger partial charge >= 0.3 is 17.9 Å². The van der Waals surface area contributed by atoms with E-state index in [4.69, 9.17) is 18.6 Å². The Morgan fingerprint density at radius 1 is 1.08 bits per heavy atom. The van der Waals surface area contributed by atoms with E-state index in [-0.39, 0.29) is 35.8 Å². The SMILES string of the molecule is C=CCN1c2ccccc2[C@]23CC(C(=O)OC)N(C(=O)c4ccco4)C2=NC(C(=O)OC)=C(C(=O)OC)C13. The molecule has 1 fully saturated rings. The van der Waals surface area contributed by atoms with Gasteiger partial charge in [0.05, 0.1) is 44.6 Å². The lowest BCUT2D eigenvalue weighted by molar-refractivity contribution is -0.144. The van der Waals surface area contributed by atoms with Gasteiger partial charge in [0, 0.05) is 12.2 Å². The zero-order chi connectivity index (χ0) is 27.2. The van der Waals surface area contributed by atoms with Crippen LogP contribution in [0.2, 0.25) is 0 Å². The highest BCUT2D eigenvalue weighted by Gasteiger charge is 2.67. The molecule has 1 aromatic heterocycles. The molecule has 11 heteroatoms. The van der Waals surface area contributed by atoms with E-state index in [1.54, 1.807) is 12.1 Å². The highest BCUT2D eigenvalue weighted by atomic mass is 16.5. The van der Waals surface area contributed by atoms with Gasteiger partial charge < -0.3 is 23.5 Å². The first-order chi connectivity index (χ1) is 18.3. The zero-order valence-electron chi connectivity index (χ0n) is 21.0. The molecule has 2 aromatic rings. The van der Waals surface area contributed by atoms with Crippen LogP contribution in [0.1, 0.15) is 22.5 Å². The lowest BCUT2D eigenvalue weighted by Gasteiger charge is -2.40. The number of hydrogen-bond donors (Lipinski definition) is 0. The molecule has 1 amide bonds. The Morgan fingerprint density at radius 3 is 2.45 bits per heavy atom. The summed E-state index contributed by atoms with van der Waals surface area (Å²) in [6.45, 7) is 4.14. The minimum absolute atomic E-state index is 0.0230. The van der Waals surface area contributed by atoms with Crippen molar-refractivity contribution in [1.82, 2.24) is 4.90 Å². The molecule has 0 N–H and O–H groups in total. The molecular formula is C27H25N3O8. The molecule has 196 valence electrons. The number of rotatable bonds is 6. The molecule has 1 spiro atoms. The number of carbonyl (C=O) groups is 4. The van der Waals surface area contributed by atoms with Gasteiger partial charge in [-0.25, -0.2) is 19.4 Å². The van der Waals surface area contributed by atoms with Crippen LogP contribution in [-0.2, 0) is 34.0 Å².